The van der Waals surface area contributed by atoms with E-state index < -0.39 is 30.3 Å². The Kier molecular flexibility index (Phi) is 7.75. The van der Waals surface area contributed by atoms with Crippen LogP contribution in [0.3, 0.4) is 0 Å². The minimum absolute atomic E-state index is 0.154. The first-order chi connectivity index (χ1) is 9.51. The van der Waals surface area contributed by atoms with Gasteiger partial charge in [-0.1, -0.05) is 0 Å². The first-order valence-electron chi connectivity index (χ1n) is 6.28. The zero-order valence-corrected chi connectivity index (χ0v) is 13.0. The lowest BCUT2D eigenvalue weighted by molar-refractivity contribution is -0.311. The zero-order chi connectivity index (χ0) is 16.6. The van der Waals surface area contributed by atoms with Gasteiger partial charge in [0.05, 0.1) is 5.57 Å². The molecule has 0 aromatic rings. The average molecular weight is 306 g/mol. The molecule has 0 amide bonds. The molecule has 0 saturated carbocycles. The van der Waals surface area contributed by atoms with Crippen molar-refractivity contribution < 1.29 is 38.7 Å². The second-order valence-corrected chi connectivity index (χ2v) is 5.15. The highest BCUT2D eigenvalue weighted by Gasteiger charge is 2.17. The van der Waals surface area contributed by atoms with E-state index in [4.69, 9.17) is 24.4 Å². The van der Waals surface area contributed by atoms with Crippen LogP contribution in [0.2, 0.25) is 0 Å². The molecule has 0 aliphatic carbocycles. The lowest BCUT2D eigenvalue weighted by Gasteiger charge is -2.18. The standard InChI is InChI=1S/C13H22O8/c1-8(7-17-21-13(4,5)6)11(14)19-9(2)18-10(3)20-12(15)16/h7,9-10H,1-6H3,(H,15,16). The zero-order valence-electron chi connectivity index (χ0n) is 13.0. The molecule has 0 aromatic carbocycles. The summed E-state index contributed by atoms with van der Waals surface area (Å²) in [4.78, 5) is 31.7. The summed E-state index contributed by atoms with van der Waals surface area (Å²) >= 11 is 0. The molecule has 0 aliphatic heterocycles. The van der Waals surface area contributed by atoms with Crippen LogP contribution >= 0.6 is 0 Å². The highest BCUT2D eigenvalue weighted by atomic mass is 17.2. The summed E-state index contributed by atoms with van der Waals surface area (Å²) in [5.41, 5.74) is -0.359. The number of hydrogen-bond donors (Lipinski definition) is 1. The number of ether oxygens (including phenoxy) is 3. The lowest BCUT2D eigenvalue weighted by atomic mass is 10.2. The molecule has 0 saturated heterocycles. The van der Waals surface area contributed by atoms with Crippen molar-refractivity contribution in [2.75, 3.05) is 0 Å². The molecule has 0 spiro atoms. The molecule has 0 bridgehead atoms. The maximum Gasteiger partial charge on any atom is 0.508 e. The van der Waals surface area contributed by atoms with Crippen LogP contribution in [0.1, 0.15) is 41.5 Å². The Labute approximate surface area is 123 Å². The van der Waals surface area contributed by atoms with Crippen LogP contribution in [-0.4, -0.2) is 35.4 Å². The Hall–Kier alpha value is -1.80. The number of hydrogen-bond acceptors (Lipinski definition) is 7. The van der Waals surface area contributed by atoms with E-state index in [0.29, 0.717) is 0 Å². The molecule has 0 rings (SSSR count). The van der Waals surface area contributed by atoms with E-state index in [9.17, 15) is 9.59 Å². The van der Waals surface area contributed by atoms with Crippen LogP contribution in [0, 0.1) is 0 Å². The maximum atomic E-state index is 11.6. The van der Waals surface area contributed by atoms with Crippen LogP contribution < -0.4 is 0 Å². The summed E-state index contributed by atoms with van der Waals surface area (Å²) in [6.45, 7) is 9.62. The van der Waals surface area contributed by atoms with Gasteiger partial charge in [0.15, 0.2) is 0 Å². The largest absolute Gasteiger partial charge is 0.508 e. The Morgan fingerprint density at radius 1 is 1.10 bits per heavy atom. The van der Waals surface area contributed by atoms with Crippen molar-refractivity contribution >= 4 is 12.1 Å². The highest BCUT2D eigenvalue weighted by Crippen LogP contribution is 2.10. The van der Waals surface area contributed by atoms with Gasteiger partial charge in [0.1, 0.15) is 11.9 Å². The Morgan fingerprint density at radius 2 is 1.62 bits per heavy atom. The molecule has 0 aromatic heterocycles. The fourth-order valence-corrected chi connectivity index (χ4v) is 1.000. The van der Waals surface area contributed by atoms with E-state index in [1.165, 1.54) is 20.8 Å². The van der Waals surface area contributed by atoms with Gasteiger partial charge < -0.3 is 24.2 Å². The van der Waals surface area contributed by atoms with Gasteiger partial charge >= 0.3 is 12.1 Å². The third kappa shape index (κ3) is 10.6. The molecule has 8 nitrogen and oxygen atoms in total. The summed E-state index contributed by atoms with van der Waals surface area (Å²) in [6.07, 6.45) is -2.42. The summed E-state index contributed by atoms with van der Waals surface area (Å²) in [5, 5.41) is 8.38. The molecule has 2 atom stereocenters. The molecule has 2 unspecified atom stereocenters. The number of carbonyl (C=O) groups is 2. The SMILES string of the molecule is CC(=COOC(C)(C)C)C(=O)OC(C)OC(C)OC(=O)O. The normalized spacial score (nSPS) is 15.0. The van der Waals surface area contributed by atoms with Crippen molar-refractivity contribution in [2.24, 2.45) is 0 Å². The van der Waals surface area contributed by atoms with Gasteiger partial charge in [-0.25, -0.2) is 9.59 Å². The summed E-state index contributed by atoms with van der Waals surface area (Å²) in [5.74, 6) is -0.692. The molecule has 0 heterocycles. The van der Waals surface area contributed by atoms with Crippen LogP contribution in [0.4, 0.5) is 4.79 Å². The first kappa shape index (κ1) is 19.2. The van der Waals surface area contributed by atoms with Crippen LogP contribution in [0.15, 0.2) is 11.8 Å². The van der Waals surface area contributed by atoms with Gasteiger partial charge in [-0.2, -0.15) is 4.89 Å². The second-order valence-electron chi connectivity index (χ2n) is 5.15. The van der Waals surface area contributed by atoms with Gasteiger partial charge in [0.2, 0.25) is 12.6 Å². The molecule has 122 valence electrons. The van der Waals surface area contributed by atoms with Gasteiger partial charge in [-0.05, 0) is 41.5 Å². The topological polar surface area (TPSA) is 101 Å². The van der Waals surface area contributed by atoms with E-state index in [1.807, 2.05) is 0 Å². The minimum atomic E-state index is -1.48. The van der Waals surface area contributed by atoms with E-state index in [1.54, 1.807) is 20.8 Å². The van der Waals surface area contributed by atoms with E-state index >= 15 is 0 Å². The Balaban J connectivity index is 4.21. The van der Waals surface area contributed by atoms with Crippen LogP contribution in [0.5, 0.6) is 0 Å². The third-order valence-corrected chi connectivity index (χ3v) is 1.77. The van der Waals surface area contributed by atoms with Crippen molar-refractivity contribution in [1.82, 2.24) is 0 Å². The first-order valence-corrected chi connectivity index (χ1v) is 6.28. The smallest absolute Gasteiger partial charge is 0.450 e. The fraction of sp³-hybridized carbons (Fsp3) is 0.692. The second kappa shape index (κ2) is 8.48. The van der Waals surface area contributed by atoms with Crippen molar-refractivity contribution in [3.05, 3.63) is 11.8 Å². The Morgan fingerprint density at radius 3 is 2.10 bits per heavy atom. The lowest BCUT2D eigenvalue weighted by Crippen LogP contribution is -2.26. The highest BCUT2D eigenvalue weighted by molar-refractivity contribution is 5.87. The summed E-state index contributed by atoms with van der Waals surface area (Å²) in [7, 11) is 0. The van der Waals surface area contributed by atoms with E-state index in [-0.39, 0.29) is 5.57 Å². The van der Waals surface area contributed by atoms with Crippen molar-refractivity contribution in [3.8, 4) is 0 Å². The van der Waals surface area contributed by atoms with Crippen molar-refractivity contribution in [3.63, 3.8) is 0 Å². The molecule has 8 heteroatoms. The van der Waals surface area contributed by atoms with Gasteiger partial charge in [-0.3, -0.25) is 0 Å². The average Bonchev–Trinajstić information content (AvgIpc) is 2.24. The number of carboxylic acid groups (broad SMARTS) is 1. The molecular formula is C13H22O8. The fourth-order valence-electron chi connectivity index (χ4n) is 1.000. The number of carbonyl (C=O) groups excluding carboxylic acids is 1. The van der Waals surface area contributed by atoms with Crippen LogP contribution in [-0.2, 0) is 28.8 Å². The molecular weight excluding hydrogens is 284 g/mol. The Bertz CT molecular complexity index is 382. The molecule has 0 radical (unpaired) electrons. The molecule has 0 fully saturated rings. The summed E-state index contributed by atoms with van der Waals surface area (Å²) in [6, 6.07) is 0. The van der Waals surface area contributed by atoms with Crippen LogP contribution in [0.25, 0.3) is 0 Å². The predicted octanol–water partition coefficient (Wildman–Crippen LogP) is 2.58. The third-order valence-electron chi connectivity index (χ3n) is 1.77. The van der Waals surface area contributed by atoms with E-state index in [2.05, 4.69) is 4.74 Å². The quantitative estimate of drug-likeness (QED) is 0.191. The number of rotatable bonds is 7. The summed E-state index contributed by atoms with van der Waals surface area (Å²) < 4.78 is 14.2. The monoisotopic (exact) mass is 306 g/mol. The van der Waals surface area contributed by atoms with Gasteiger partial charge in [0.25, 0.3) is 0 Å². The minimum Gasteiger partial charge on any atom is -0.450 e. The molecule has 1 N–H and O–H groups in total. The number of esters is 1. The van der Waals surface area contributed by atoms with Gasteiger partial charge in [-0.15, -0.1) is 0 Å². The molecule has 0 aliphatic rings. The van der Waals surface area contributed by atoms with Crippen molar-refractivity contribution in [1.29, 1.82) is 0 Å². The van der Waals surface area contributed by atoms with Gasteiger partial charge in [0, 0.05) is 0 Å². The predicted molar refractivity (Wildman–Crippen MR) is 70.9 cm³/mol. The molecule has 21 heavy (non-hydrogen) atoms. The van der Waals surface area contributed by atoms with E-state index in [0.717, 1.165) is 6.26 Å². The van der Waals surface area contributed by atoms with Crippen molar-refractivity contribution in [2.45, 2.75) is 59.7 Å². The maximum absolute atomic E-state index is 11.6.